The first kappa shape index (κ1) is 23.4. The molecule has 2 aromatic carbocycles. The molecule has 10 heteroatoms. The van der Waals surface area contributed by atoms with Gasteiger partial charge in [0, 0.05) is 24.2 Å². The van der Waals surface area contributed by atoms with Crippen LogP contribution in [0.5, 0.6) is 0 Å². The number of amides is 3. The van der Waals surface area contributed by atoms with Gasteiger partial charge in [0.15, 0.2) is 6.61 Å². The van der Waals surface area contributed by atoms with E-state index in [1.54, 1.807) is 24.3 Å². The molecular formula is C26H23N3O7. The van der Waals surface area contributed by atoms with E-state index >= 15 is 0 Å². The number of nitrogens with zero attached hydrogens (tertiary/aromatic N) is 2. The van der Waals surface area contributed by atoms with Crippen molar-refractivity contribution in [3.8, 4) is 0 Å². The molecule has 0 spiro atoms. The van der Waals surface area contributed by atoms with Crippen molar-refractivity contribution in [2.24, 2.45) is 23.7 Å². The predicted octanol–water partition coefficient (Wildman–Crippen LogP) is 2.49. The second-order valence-electron chi connectivity index (χ2n) is 9.22. The number of nitro benzene ring substituents is 1. The fourth-order valence-electron chi connectivity index (χ4n) is 5.48. The van der Waals surface area contributed by atoms with Crippen LogP contribution in [0.15, 0.2) is 66.7 Å². The average molecular weight is 489 g/mol. The third kappa shape index (κ3) is 4.26. The van der Waals surface area contributed by atoms with Gasteiger partial charge in [-0.3, -0.25) is 29.4 Å². The molecule has 1 aliphatic heterocycles. The van der Waals surface area contributed by atoms with Gasteiger partial charge in [0.25, 0.3) is 11.6 Å². The Hall–Kier alpha value is -4.34. The van der Waals surface area contributed by atoms with Crippen LogP contribution in [0.4, 0.5) is 11.4 Å². The van der Waals surface area contributed by atoms with E-state index in [9.17, 15) is 29.3 Å². The molecule has 2 aliphatic carbocycles. The third-order valence-corrected chi connectivity index (χ3v) is 7.05. The van der Waals surface area contributed by atoms with Crippen LogP contribution in [0.1, 0.15) is 12.0 Å². The average Bonchev–Trinajstić information content (AvgIpc) is 3.56. The van der Waals surface area contributed by atoms with Gasteiger partial charge in [-0.25, -0.2) is 4.79 Å². The molecule has 1 saturated heterocycles. The number of hydrogen-bond donors (Lipinski definition) is 1. The third-order valence-electron chi connectivity index (χ3n) is 7.05. The summed E-state index contributed by atoms with van der Waals surface area (Å²) in [5.74, 6) is -3.25. The van der Waals surface area contributed by atoms with Gasteiger partial charge in [0.1, 0.15) is 6.04 Å². The molecule has 0 radical (unpaired) electrons. The quantitative estimate of drug-likeness (QED) is 0.198. The number of fused-ring (bicyclic) bond motifs is 5. The lowest BCUT2D eigenvalue weighted by molar-refractivity contribution is -0.384. The Morgan fingerprint density at radius 3 is 2.33 bits per heavy atom. The maximum Gasteiger partial charge on any atom is 0.330 e. The van der Waals surface area contributed by atoms with Crippen molar-refractivity contribution in [3.63, 3.8) is 0 Å². The van der Waals surface area contributed by atoms with Crippen molar-refractivity contribution in [3.05, 3.63) is 82.4 Å². The van der Waals surface area contributed by atoms with E-state index in [4.69, 9.17) is 4.74 Å². The van der Waals surface area contributed by atoms with Crippen LogP contribution in [-0.2, 0) is 30.3 Å². The highest BCUT2D eigenvalue weighted by Gasteiger charge is 2.61. The second kappa shape index (κ2) is 9.37. The number of nitro groups is 1. The molecule has 1 heterocycles. The number of ether oxygens (including phenoxy) is 1. The maximum absolute atomic E-state index is 13.3. The molecule has 2 aromatic rings. The Morgan fingerprint density at radius 2 is 1.69 bits per heavy atom. The first-order valence-corrected chi connectivity index (χ1v) is 11.6. The highest BCUT2D eigenvalue weighted by Crippen LogP contribution is 2.53. The van der Waals surface area contributed by atoms with Crippen LogP contribution in [0.25, 0.3) is 0 Å². The zero-order chi connectivity index (χ0) is 25.4. The molecule has 2 fully saturated rings. The van der Waals surface area contributed by atoms with Crippen molar-refractivity contribution in [2.75, 3.05) is 11.9 Å². The Balaban J connectivity index is 1.30. The molecule has 36 heavy (non-hydrogen) atoms. The van der Waals surface area contributed by atoms with Gasteiger partial charge in [-0.2, -0.15) is 0 Å². The molecule has 2 bridgehead atoms. The summed E-state index contributed by atoms with van der Waals surface area (Å²) in [6, 6.07) is 13.1. The summed E-state index contributed by atoms with van der Waals surface area (Å²) >= 11 is 0. The summed E-state index contributed by atoms with van der Waals surface area (Å²) in [4.78, 5) is 63.6. The van der Waals surface area contributed by atoms with E-state index < -0.39 is 41.3 Å². The molecule has 1 N–H and O–H groups in total. The Kier molecular flexibility index (Phi) is 6.09. The minimum absolute atomic E-state index is 0.00412. The number of hydrogen-bond acceptors (Lipinski definition) is 7. The van der Waals surface area contributed by atoms with Gasteiger partial charge in [-0.1, -0.05) is 48.6 Å². The van der Waals surface area contributed by atoms with Crippen molar-refractivity contribution in [1.82, 2.24) is 4.90 Å². The van der Waals surface area contributed by atoms with E-state index in [1.807, 2.05) is 18.2 Å². The van der Waals surface area contributed by atoms with Gasteiger partial charge < -0.3 is 10.1 Å². The number of benzene rings is 2. The van der Waals surface area contributed by atoms with Crippen LogP contribution in [0.2, 0.25) is 0 Å². The Labute approximate surface area is 206 Å². The van der Waals surface area contributed by atoms with E-state index in [0.717, 1.165) is 16.9 Å². The molecule has 3 amide bonds. The van der Waals surface area contributed by atoms with Crippen LogP contribution < -0.4 is 5.32 Å². The number of anilines is 1. The summed E-state index contributed by atoms with van der Waals surface area (Å²) in [5.41, 5.74) is 0.707. The highest BCUT2D eigenvalue weighted by molar-refractivity contribution is 6.09. The van der Waals surface area contributed by atoms with E-state index in [0.29, 0.717) is 0 Å². The van der Waals surface area contributed by atoms with Crippen molar-refractivity contribution in [1.29, 1.82) is 0 Å². The molecule has 0 aromatic heterocycles. The molecule has 5 atom stereocenters. The summed E-state index contributed by atoms with van der Waals surface area (Å²) in [5, 5.41) is 13.4. The Bertz CT molecular complexity index is 1250. The maximum atomic E-state index is 13.3. The van der Waals surface area contributed by atoms with Crippen LogP contribution in [0.3, 0.4) is 0 Å². The summed E-state index contributed by atoms with van der Waals surface area (Å²) in [6.07, 6.45) is 4.78. The lowest BCUT2D eigenvalue weighted by atomic mass is 9.85. The van der Waals surface area contributed by atoms with Crippen molar-refractivity contribution in [2.45, 2.75) is 18.9 Å². The van der Waals surface area contributed by atoms with Gasteiger partial charge in [0.05, 0.1) is 16.8 Å². The summed E-state index contributed by atoms with van der Waals surface area (Å²) < 4.78 is 5.24. The van der Waals surface area contributed by atoms with Gasteiger partial charge in [-0.15, -0.1) is 0 Å². The molecule has 5 rings (SSSR count). The van der Waals surface area contributed by atoms with Crippen LogP contribution >= 0.6 is 0 Å². The highest BCUT2D eigenvalue weighted by atomic mass is 16.6. The summed E-state index contributed by atoms with van der Waals surface area (Å²) in [7, 11) is 0. The van der Waals surface area contributed by atoms with Crippen LogP contribution in [0, 0.1) is 33.8 Å². The number of allylic oxidation sites excluding steroid dienone is 2. The molecule has 1 saturated carbocycles. The largest absolute Gasteiger partial charge is 0.454 e. The van der Waals surface area contributed by atoms with Crippen LogP contribution in [-0.4, -0.2) is 46.2 Å². The van der Waals surface area contributed by atoms with E-state index in [1.165, 1.54) is 24.3 Å². The number of carbonyl (C=O) groups excluding carboxylic acids is 4. The predicted molar refractivity (Wildman–Crippen MR) is 126 cm³/mol. The normalized spacial score (nSPS) is 24.5. The standard InChI is InChI=1S/C26H23N3O7/c30-21(27-18-7-4-8-19(13-18)29(34)35)14-36-26(33)20(11-15-5-2-1-3-6-15)28-24(31)22-16-9-10-17(12-16)23(22)25(28)32/h1-10,13,16-17,20,22-23H,11-12,14H2,(H,27,30)/t16-,17-,20+,22-,23+/m0/s1. The lowest BCUT2D eigenvalue weighted by Crippen LogP contribution is -2.48. The van der Waals surface area contributed by atoms with Crippen molar-refractivity contribution >= 4 is 35.1 Å². The number of imide groups is 1. The number of esters is 1. The first-order chi connectivity index (χ1) is 17.3. The molecule has 3 aliphatic rings. The smallest absolute Gasteiger partial charge is 0.330 e. The minimum atomic E-state index is -1.21. The van der Waals surface area contributed by atoms with E-state index in [2.05, 4.69) is 5.32 Å². The Morgan fingerprint density at radius 1 is 1.03 bits per heavy atom. The van der Waals surface area contributed by atoms with Gasteiger partial charge >= 0.3 is 5.97 Å². The molecule has 0 unspecified atom stereocenters. The summed E-state index contributed by atoms with van der Waals surface area (Å²) in [6.45, 7) is -0.678. The second-order valence-corrected chi connectivity index (χ2v) is 9.22. The number of carbonyl (C=O) groups is 4. The topological polar surface area (TPSA) is 136 Å². The lowest BCUT2D eigenvalue weighted by Gasteiger charge is -2.26. The van der Waals surface area contributed by atoms with Crippen molar-refractivity contribution < 1.29 is 28.8 Å². The molecular weight excluding hydrogens is 466 g/mol. The zero-order valence-corrected chi connectivity index (χ0v) is 19.1. The number of non-ortho nitro benzene ring substituents is 1. The number of likely N-dealkylation sites (tertiary alicyclic amines) is 1. The molecule has 184 valence electrons. The SMILES string of the molecule is O=C(COC(=O)[C@@H](Cc1ccccc1)N1C(=O)[C@@H]2[C@H](C1=O)[C@H]1C=C[C@H]2C1)Nc1cccc([N+](=O)[O-])c1. The van der Waals surface area contributed by atoms with Gasteiger partial charge in [-0.05, 0) is 29.9 Å². The monoisotopic (exact) mass is 489 g/mol. The number of nitrogens with one attached hydrogen (secondary N) is 1. The fraction of sp³-hybridized carbons (Fsp3) is 0.308. The first-order valence-electron chi connectivity index (χ1n) is 11.6. The van der Waals surface area contributed by atoms with Gasteiger partial charge in [0.2, 0.25) is 11.8 Å². The zero-order valence-electron chi connectivity index (χ0n) is 19.1. The molecule has 10 nitrogen and oxygen atoms in total. The van der Waals surface area contributed by atoms with E-state index in [-0.39, 0.29) is 41.4 Å². The minimum Gasteiger partial charge on any atom is -0.454 e. The fourth-order valence-corrected chi connectivity index (χ4v) is 5.48. The number of rotatable bonds is 8.